The Bertz CT molecular complexity index is 1320. The molecule has 39 heavy (non-hydrogen) atoms. The van der Waals surface area contributed by atoms with Crippen molar-refractivity contribution in [1.82, 2.24) is 9.80 Å². The maximum atomic E-state index is 13.0. The zero-order valence-electron chi connectivity index (χ0n) is 22.7. The van der Waals surface area contributed by atoms with Crippen LogP contribution >= 0.6 is 0 Å². The van der Waals surface area contributed by atoms with Gasteiger partial charge in [0, 0.05) is 50.0 Å². The van der Waals surface area contributed by atoms with Gasteiger partial charge in [0.2, 0.25) is 5.91 Å². The second-order valence-corrected chi connectivity index (χ2v) is 9.55. The third-order valence-electron chi connectivity index (χ3n) is 7.05. The van der Waals surface area contributed by atoms with Crippen molar-refractivity contribution in [2.75, 3.05) is 49.5 Å². The van der Waals surface area contributed by atoms with Gasteiger partial charge in [-0.25, -0.2) is 4.39 Å². The smallest absolute Gasteiger partial charge is 0.291 e. The van der Waals surface area contributed by atoms with Crippen LogP contribution in [0.25, 0.3) is 0 Å². The van der Waals surface area contributed by atoms with Crippen molar-refractivity contribution in [3.8, 4) is 11.8 Å². The van der Waals surface area contributed by atoms with E-state index in [1.54, 1.807) is 31.2 Å². The van der Waals surface area contributed by atoms with Gasteiger partial charge >= 0.3 is 0 Å². The SMILES string of the molecule is CCN(CC)CCN(C(C)=O)C1CCN(c2ccc(NC(=O)c3ccc(C#Cc4ccc(F)cc4)o3)cc2)C1. The fourth-order valence-electron chi connectivity index (χ4n) is 4.76. The van der Waals surface area contributed by atoms with Crippen LogP contribution in [0.1, 0.15) is 49.1 Å². The third kappa shape index (κ3) is 7.49. The predicted octanol–water partition coefficient (Wildman–Crippen LogP) is 4.84. The number of amides is 2. The van der Waals surface area contributed by atoms with Gasteiger partial charge in [-0.2, -0.15) is 0 Å². The molecule has 1 aromatic heterocycles. The van der Waals surface area contributed by atoms with Gasteiger partial charge in [0.25, 0.3) is 5.91 Å². The van der Waals surface area contributed by atoms with Crippen molar-refractivity contribution in [2.45, 2.75) is 33.2 Å². The highest BCUT2D eigenvalue weighted by Gasteiger charge is 2.29. The summed E-state index contributed by atoms with van der Waals surface area (Å²) < 4.78 is 18.6. The molecule has 1 aliphatic heterocycles. The highest BCUT2D eigenvalue weighted by atomic mass is 19.1. The normalized spacial score (nSPS) is 14.7. The molecule has 1 unspecified atom stereocenters. The van der Waals surface area contributed by atoms with Crippen LogP contribution in [0, 0.1) is 17.7 Å². The molecule has 2 amide bonds. The van der Waals surface area contributed by atoms with Crippen LogP contribution in [0.4, 0.5) is 15.8 Å². The lowest BCUT2D eigenvalue weighted by Gasteiger charge is -2.30. The van der Waals surface area contributed by atoms with Crippen molar-refractivity contribution < 1.29 is 18.4 Å². The van der Waals surface area contributed by atoms with E-state index >= 15 is 0 Å². The van der Waals surface area contributed by atoms with E-state index in [4.69, 9.17) is 4.42 Å². The van der Waals surface area contributed by atoms with Crippen molar-refractivity contribution in [3.63, 3.8) is 0 Å². The van der Waals surface area contributed by atoms with Crippen molar-refractivity contribution in [1.29, 1.82) is 0 Å². The van der Waals surface area contributed by atoms with Gasteiger partial charge in [0.1, 0.15) is 5.82 Å². The average molecular weight is 531 g/mol. The summed E-state index contributed by atoms with van der Waals surface area (Å²) in [4.78, 5) is 31.7. The second-order valence-electron chi connectivity index (χ2n) is 9.55. The van der Waals surface area contributed by atoms with Crippen LogP contribution in [0.15, 0.2) is 65.1 Å². The highest BCUT2D eigenvalue weighted by molar-refractivity contribution is 6.02. The summed E-state index contributed by atoms with van der Waals surface area (Å²) >= 11 is 0. The fraction of sp³-hybridized carbons (Fsp3) is 0.355. The quantitative estimate of drug-likeness (QED) is 0.401. The lowest BCUT2D eigenvalue weighted by molar-refractivity contribution is -0.131. The van der Waals surface area contributed by atoms with E-state index in [-0.39, 0.29) is 29.4 Å². The van der Waals surface area contributed by atoms with E-state index in [0.717, 1.165) is 51.4 Å². The van der Waals surface area contributed by atoms with Crippen LogP contribution in [0.2, 0.25) is 0 Å². The van der Waals surface area contributed by atoms with Gasteiger partial charge < -0.3 is 24.4 Å². The summed E-state index contributed by atoms with van der Waals surface area (Å²) in [5, 5.41) is 2.85. The molecule has 7 nitrogen and oxygen atoms in total. The van der Waals surface area contributed by atoms with Crippen LogP contribution in [-0.2, 0) is 4.79 Å². The summed E-state index contributed by atoms with van der Waals surface area (Å²) in [5.74, 6) is 5.65. The average Bonchev–Trinajstić information content (AvgIpc) is 3.62. The molecular weight excluding hydrogens is 495 g/mol. The third-order valence-corrected chi connectivity index (χ3v) is 7.05. The first-order chi connectivity index (χ1) is 18.9. The van der Waals surface area contributed by atoms with E-state index in [1.807, 2.05) is 29.2 Å². The Kier molecular flexibility index (Phi) is 9.40. The monoisotopic (exact) mass is 530 g/mol. The van der Waals surface area contributed by atoms with Crippen LogP contribution < -0.4 is 10.2 Å². The number of furan rings is 1. The van der Waals surface area contributed by atoms with E-state index in [0.29, 0.717) is 17.0 Å². The Balaban J connectivity index is 1.32. The van der Waals surface area contributed by atoms with E-state index in [9.17, 15) is 14.0 Å². The van der Waals surface area contributed by atoms with Gasteiger partial charge in [0.05, 0.1) is 6.04 Å². The molecule has 1 atom stereocenters. The number of likely N-dealkylation sites (N-methyl/N-ethyl adjacent to an activating group) is 1. The minimum absolute atomic E-state index is 0.120. The Labute approximate surface area is 229 Å². The zero-order chi connectivity index (χ0) is 27.8. The van der Waals surface area contributed by atoms with Gasteiger partial charge in [-0.15, -0.1) is 0 Å². The molecule has 0 aliphatic carbocycles. The molecular formula is C31H35FN4O3. The summed E-state index contributed by atoms with van der Waals surface area (Å²) in [6.45, 7) is 11.2. The molecule has 1 N–H and O–H groups in total. The van der Waals surface area contributed by atoms with Gasteiger partial charge in [-0.3, -0.25) is 9.59 Å². The first-order valence-electron chi connectivity index (χ1n) is 13.4. The van der Waals surface area contributed by atoms with E-state index < -0.39 is 0 Å². The van der Waals surface area contributed by atoms with Crippen molar-refractivity contribution in [2.24, 2.45) is 0 Å². The molecule has 2 heterocycles. The summed E-state index contributed by atoms with van der Waals surface area (Å²) in [7, 11) is 0. The molecule has 0 radical (unpaired) electrons. The number of halogens is 1. The fourth-order valence-corrected chi connectivity index (χ4v) is 4.76. The first-order valence-corrected chi connectivity index (χ1v) is 13.4. The first kappa shape index (κ1) is 27.9. The maximum Gasteiger partial charge on any atom is 0.291 e. The molecule has 0 saturated carbocycles. The number of hydrogen-bond donors (Lipinski definition) is 1. The lowest BCUT2D eigenvalue weighted by Crippen LogP contribution is -2.45. The number of nitrogens with one attached hydrogen (secondary N) is 1. The Hall–Kier alpha value is -4.09. The summed E-state index contributed by atoms with van der Waals surface area (Å²) in [5.41, 5.74) is 2.36. The van der Waals surface area contributed by atoms with Gasteiger partial charge in [0.15, 0.2) is 11.5 Å². The van der Waals surface area contributed by atoms with Gasteiger partial charge in [-0.05, 0) is 86.1 Å². The number of anilines is 2. The molecule has 0 bridgehead atoms. The predicted molar refractivity (Wildman–Crippen MR) is 151 cm³/mol. The Morgan fingerprint density at radius 3 is 2.38 bits per heavy atom. The van der Waals surface area contributed by atoms with E-state index in [1.165, 1.54) is 12.1 Å². The highest BCUT2D eigenvalue weighted by Crippen LogP contribution is 2.25. The molecule has 8 heteroatoms. The lowest BCUT2D eigenvalue weighted by atomic mass is 10.2. The number of carbonyl (C=O) groups is 2. The molecule has 1 aliphatic rings. The minimum Gasteiger partial charge on any atom is -0.443 e. The number of rotatable bonds is 9. The number of carbonyl (C=O) groups excluding carboxylic acids is 2. The molecule has 204 valence electrons. The molecule has 0 spiro atoms. The summed E-state index contributed by atoms with van der Waals surface area (Å²) in [6, 6.07) is 16.9. The summed E-state index contributed by atoms with van der Waals surface area (Å²) in [6.07, 6.45) is 0.932. The topological polar surface area (TPSA) is 69.0 Å². The number of benzene rings is 2. The second kappa shape index (κ2) is 13.1. The Morgan fingerprint density at radius 1 is 1.00 bits per heavy atom. The van der Waals surface area contributed by atoms with Gasteiger partial charge in [-0.1, -0.05) is 19.8 Å². The number of hydrogen-bond acceptors (Lipinski definition) is 5. The largest absolute Gasteiger partial charge is 0.443 e. The molecule has 3 aromatic rings. The molecule has 2 aromatic carbocycles. The number of nitrogens with zero attached hydrogens (tertiary/aromatic N) is 3. The Morgan fingerprint density at radius 2 is 1.72 bits per heavy atom. The molecule has 1 saturated heterocycles. The van der Waals surface area contributed by atoms with Crippen molar-refractivity contribution in [3.05, 3.63) is 83.6 Å². The maximum absolute atomic E-state index is 13.0. The van der Waals surface area contributed by atoms with Crippen LogP contribution in [0.5, 0.6) is 0 Å². The van der Waals surface area contributed by atoms with E-state index in [2.05, 4.69) is 40.8 Å². The standard InChI is InChI=1S/C31H35FN4O3/c1-4-34(5-2)20-21-36(23(3)37)28-18-19-35(22-28)27-13-11-26(12-14-27)33-31(38)30-17-16-29(39-30)15-8-24-6-9-25(32)10-7-24/h6-7,9-14,16-17,28H,4-5,18-22H2,1-3H3,(H,33,38). The minimum atomic E-state index is -0.371. The van der Waals surface area contributed by atoms with Crippen LogP contribution in [0.3, 0.4) is 0 Å². The van der Waals surface area contributed by atoms with Crippen LogP contribution in [-0.4, -0.2) is 66.9 Å². The molecule has 1 fully saturated rings. The zero-order valence-corrected chi connectivity index (χ0v) is 22.7. The van der Waals surface area contributed by atoms with Crippen molar-refractivity contribution >= 4 is 23.2 Å². The molecule has 4 rings (SSSR count).